The minimum atomic E-state index is -2.91. The molecule has 0 saturated heterocycles. The third-order valence-electron chi connectivity index (χ3n) is 2.55. The second-order valence-corrected chi connectivity index (χ2v) is 4.23. The van der Waals surface area contributed by atoms with E-state index in [1.807, 2.05) is 6.92 Å². The number of hydrogen-bond acceptors (Lipinski definition) is 3. The topological polar surface area (TPSA) is 58.6 Å². The van der Waals surface area contributed by atoms with Gasteiger partial charge in [0.1, 0.15) is 5.75 Å². The molecule has 2 N–H and O–H groups in total. The van der Waals surface area contributed by atoms with E-state index in [2.05, 4.69) is 10.1 Å². The highest BCUT2D eigenvalue weighted by Gasteiger charge is 2.10. The lowest BCUT2D eigenvalue weighted by Gasteiger charge is -2.11. The molecule has 0 saturated carbocycles. The predicted molar refractivity (Wildman–Crippen MR) is 66.3 cm³/mol. The summed E-state index contributed by atoms with van der Waals surface area (Å²) in [6.45, 7) is -0.538. The number of rotatable bonds is 7. The second-order valence-electron chi connectivity index (χ2n) is 4.23. The van der Waals surface area contributed by atoms with Gasteiger partial charge in [-0.1, -0.05) is 13.0 Å². The van der Waals surface area contributed by atoms with Crippen LogP contribution in [-0.4, -0.2) is 30.8 Å². The van der Waals surface area contributed by atoms with Crippen molar-refractivity contribution in [1.29, 1.82) is 0 Å². The molecule has 0 aliphatic heterocycles. The first-order chi connectivity index (χ1) is 9.02. The molecule has 0 heterocycles. The quantitative estimate of drug-likeness (QED) is 0.799. The van der Waals surface area contributed by atoms with Crippen LogP contribution in [0.25, 0.3) is 0 Å². The van der Waals surface area contributed by atoms with Gasteiger partial charge >= 0.3 is 6.61 Å². The van der Waals surface area contributed by atoms with E-state index < -0.39 is 6.61 Å². The maximum atomic E-state index is 12.0. The van der Waals surface area contributed by atoms with Crippen molar-refractivity contribution < 1.29 is 23.4 Å². The molecule has 106 valence electrons. The highest BCUT2D eigenvalue weighted by Crippen LogP contribution is 2.15. The Hall–Kier alpha value is -1.69. The van der Waals surface area contributed by atoms with Crippen LogP contribution in [0.4, 0.5) is 8.78 Å². The van der Waals surface area contributed by atoms with Gasteiger partial charge in [0.25, 0.3) is 5.91 Å². The normalized spacial score (nSPS) is 12.3. The van der Waals surface area contributed by atoms with Crippen LogP contribution in [0.2, 0.25) is 0 Å². The van der Waals surface area contributed by atoms with Gasteiger partial charge in [0.15, 0.2) is 0 Å². The average molecular weight is 273 g/mol. The summed E-state index contributed by atoms with van der Waals surface area (Å²) < 4.78 is 28.3. The Labute approximate surface area is 110 Å². The van der Waals surface area contributed by atoms with Crippen LogP contribution < -0.4 is 10.1 Å². The summed E-state index contributed by atoms with van der Waals surface area (Å²) in [6, 6.07) is 5.61. The summed E-state index contributed by atoms with van der Waals surface area (Å²) in [5.41, 5.74) is 0.259. The lowest BCUT2D eigenvalue weighted by atomic mass is 10.1. The Bertz CT molecular complexity index is 413. The van der Waals surface area contributed by atoms with E-state index in [4.69, 9.17) is 5.11 Å². The SMILES string of the molecule is CC(CCO)CNC(=O)c1cccc(OC(F)F)c1. The molecule has 0 fully saturated rings. The molecule has 0 radical (unpaired) electrons. The highest BCUT2D eigenvalue weighted by molar-refractivity contribution is 5.94. The number of hydrogen-bond donors (Lipinski definition) is 2. The van der Waals surface area contributed by atoms with Gasteiger partial charge in [0, 0.05) is 18.7 Å². The molecule has 1 aromatic rings. The summed E-state index contributed by atoms with van der Waals surface area (Å²) >= 11 is 0. The zero-order valence-corrected chi connectivity index (χ0v) is 10.6. The molecule has 1 rings (SSSR count). The van der Waals surface area contributed by atoms with E-state index in [0.717, 1.165) is 0 Å². The molecule has 0 aromatic heterocycles. The number of benzene rings is 1. The summed E-state index contributed by atoms with van der Waals surface area (Å²) in [4.78, 5) is 11.8. The number of carbonyl (C=O) groups excluding carboxylic acids is 1. The predicted octanol–water partition coefficient (Wildman–Crippen LogP) is 2.04. The van der Waals surface area contributed by atoms with Crippen molar-refractivity contribution in [3.63, 3.8) is 0 Å². The molecule has 1 unspecified atom stereocenters. The Kier molecular flexibility index (Phi) is 6.21. The molecule has 19 heavy (non-hydrogen) atoms. The number of nitrogens with one attached hydrogen (secondary N) is 1. The van der Waals surface area contributed by atoms with Gasteiger partial charge < -0.3 is 15.2 Å². The monoisotopic (exact) mass is 273 g/mol. The van der Waals surface area contributed by atoms with Crippen molar-refractivity contribution in [2.45, 2.75) is 20.0 Å². The van der Waals surface area contributed by atoms with Crippen LogP contribution in [0.15, 0.2) is 24.3 Å². The molecule has 0 aliphatic rings. The fraction of sp³-hybridized carbons (Fsp3) is 0.462. The van der Waals surface area contributed by atoms with Crippen LogP contribution >= 0.6 is 0 Å². The maximum absolute atomic E-state index is 12.0. The summed E-state index contributed by atoms with van der Waals surface area (Å²) in [5.74, 6) is -0.259. The molecule has 1 amide bonds. The van der Waals surface area contributed by atoms with E-state index in [1.165, 1.54) is 24.3 Å². The number of alkyl halides is 2. The van der Waals surface area contributed by atoms with Gasteiger partial charge in [0.05, 0.1) is 0 Å². The van der Waals surface area contributed by atoms with E-state index in [1.54, 1.807) is 0 Å². The first-order valence-corrected chi connectivity index (χ1v) is 5.97. The lowest BCUT2D eigenvalue weighted by Crippen LogP contribution is -2.28. The Morgan fingerprint density at radius 2 is 2.21 bits per heavy atom. The largest absolute Gasteiger partial charge is 0.435 e. The Morgan fingerprint density at radius 3 is 2.84 bits per heavy atom. The van der Waals surface area contributed by atoms with Gasteiger partial charge in [-0.2, -0.15) is 8.78 Å². The second kappa shape index (κ2) is 7.68. The molecule has 0 aliphatic carbocycles. The first-order valence-electron chi connectivity index (χ1n) is 5.97. The van der Waals surface area contributed by atoms with Crippen molar-refractivity contribution in [2.75, 3.05) is 13.2 Å². The van der Waals surface area contributed by atoms with E-state index in [9.17, 15) is 13.6 Å². The van der Waals surface area contributed by atoms with Crippen molar-refractivity contribution in [3.05, 3.63) is 29.8 Å². The summed E-state index contributed by atoms with van der Waals surface area (Å²) in [6.07, 6.45) is 0.592. The standard InChI is InChI=1S/C13H17F2NO3/c1-9(5-6-17)8-16-12(18)10-3-2-4-11(7-10)19-13(14)15/h2-4,7,9,13,17H,5-6,8H2,1H3,(H,16,18). The first kappa shape index (κ1) is 15.4. The molecule has 0 spiro atoms. The van der Waals surface area contributed by atoms with Crippen LogP contribution in [0.3, 0.4) is 0 Å². The number of carbonyl (C=O) groups is 1. The minimum Gasteiger partial charge on any atom is -0.435 e. The number of aliphatic hydroxyl groups is 1. The Morgan fingerprint density at radius 1 is 1.47 bits per heavy atom. The van der Waals surface area contributed by atoms with Crippen LogP contribution in [0, 0.1) is 5.92 Å². The number of halogens is 2. The van der Waals surface area contributed by atoms with Gasteiger partial charge in [0.2, 0.25) is 0 Å². The molecule has 4 nitrogen and oxygen atoms in total. The van der Waals surface area contributed by atoms with Crippen molar-refractivity contribution in [1.82, 2.24) is 5.32 Å². The molecule has 0 bridgehead atoms. The molecule has 1 aromatic carbocycles. The fourth-order valence-electron chi connectivity index (χ4n) is 1.50. The molecular weight excluding hydrogens is 256 g/mol. The number of aliphatic hydroxyl groups excluding tert-OH is 1. The minimum absolute atomic E-state index is 0.0499. The van der Waals surface area contributed by atoms with E-state index >= 15 is 0 Å². The third-order valence-corrected chi connectivity index (χ3v) is 2.55. The fourth-order valence-corrected chi connectivity index (χ4v) is 1.50. The van der Waals surface area contributed by atoms with Gasteiger partial charge in [-0.3, -0.25) is 4.79 Å². The Balaban J connectivity index is 2.56. The lowest BCUT2D eigenvalue weighted by molar-refractivity contribution is -0.0498. The number of ether oxygens (including phenoxy) is 1. The smallest absolute Gasteiger partial charge is 0.387 e. The van der Waals surface area contributed by atoms with Crippen LogP contribution in [0.5, 0.6) is 5.75 Å². The van der Waals surface area contributed by atoms with Crippen LogP contribution in [0.1, 0.15) is 23.7 Å². The van der Waals surface area contributed by atoms with Crippen molar-refractivity contribution >= 4 is 5.91 Å². The van der Waals surface area contributed by atoms with Gasteiger partial charge in [-0.25, -0.2) is 0 Å². The van der Waals surface area contributed by atoms with Gasteiger partial charge in [-0.05, 0) is 30.5 Å². The zero-order valence-electron chi connectivity index (χ0n) is 10.6. The van der Waals surface area contributed by atoms with Gasteiger partial charge in [-0.15, -0.1) is 0 Å². The summed E-state index contributed by atoms with van der Waals surface area (Å²) in [5, 5.41) is 11.4. The average Bonchev–Trinajstić information content (AvgIpc) is 2.36. The highest BCUT2D eigenvalue weighted by atomic mass is 19.3. The molecule has 1 atom stereocenters. The zero-order chi connectivity index (χ0) is 14.3. The van der Waals surface area contributed by atoms with Crippen molar-refractivity contribution in [3.8, 4) is 5.75 Å². The molecule has 6 heteroatoms. The third kappa shape index (κ3) is 5.65. The number of amides is 1. The maximum Gasteiger partial charge on any atom is 0.387 e. The van der Waals surface area contributed by atoms with E-state index in [-0.39, 0.29) is 29.7 Å². The molecular formula is C13H17F2NO3. The summed E-state index contributed by atoms with van der Waals surface area (Å²) in [7, 11) is 0. The van der Waals surface area contributed by atoms with Crippen molar-refractivity contribution in [2.24, 2.45) is 5.92 Å². The van der Waals surface area contributed by atoms with Crippen LogP contribution in [-0.2, 0) is 0 Å². The van der Waals surface area contributed by atoms with E-state index in [0.29, 0.717) is 13.0 Å².